The van der Waals surface area contributed by atoms with Crippen LogP contribution < -0.4 is 10.6 Å². The van der Waals surface area contributed by atoms with Gasteiger partial charge in [-0.1, -0.05) is 71.7 Å². The SMILES string of the molecule is Cc1ccc(Cl)c(NC(=O)C[NH2+][C@H](C)c2cccc3ccccc23)c1Cl. The number of hydrogen-bond acceptors (Lipinski definition) is 1. The Hall–Kier alpha value is -2.07. The van der Waals surface area contributed by atoms with Gasteiger partial charge in [0.25, 0.3) is 5.91 Å². The smallest absolute Gasteiger partial charge is 0.279 e. The molecule has 3 nitrogen and oxygen atoms in total. The predicted octanol–water partition coefficient (Wildman–Crippen LogP) is 4.72. The van der Waals surface area contributed by atoms with Crippen LogP contribution in [0, 0.1) is 6.92 Å². The van der Waals surface area contributed by atoms with Crippen molar-refractivity contribution in [3.8, 4) is 0 Å². The first-order valence-corrected chi connectivity index (χ1v) is 9.28. The quantitative estimate of drug-likeness (QED) is 0.653. The van der Waals surface area contributed by atoms with E-state index >= 15 is 0 Å². The zero-order valence-electron chi connectivity index (χ0n) is 14.7. The van der Waals surface area contributed by atoms with Gasteiger partial charge in [-0.15, -0.1) is 0 Å². The molecule has 0 aromatic heterocycles. The Morgan fingerprint density at radius 3 is 2.62 bits per heavy atom. The summed E-state index contributed by atoms with van der Waals surface area (Å²) in [5, 5.41) is 8.17. The molecule has 3 N–H and O–H groups in total. The van der Waals surface area contributed by atoms with Gasteiger partial charge in [0.2, 0.25) is 0 Å². The second kappa shape index (κ2) is 8.09. The van der Waals surface area contributed by atoms with E-state index in [4.69, 9.17) is 23.2 Å². The van der Waals surface area contributed by atoms with Gasteiger partial charge in [-0.2, -0.15) is 0 Å². The van der Waals surface area contributed by atoms with E-state index in [0.29, 0.717) is 15.7 Å². The molecular weight excluding hydrogens is 367 g/mol. The van der Waals surface area contributed by atoms with Crippen LogP contribution >= 0.6 is 23.2 Å². The molecule has 0 aliphatic rings. The van der Waals surface area contributed by atoms with Gasteiger partial charge in [0.1, 0.15) is 6.04 Å². The first-order valence-electron chi connectivity index (χ1n) is 8.53. The van der Waals surface area contributed by atoms with Gasteiger partial charge >= 0.3 is 0 Å². The molecule has 1 amide bonds. The van der Waals surface area contributed by atoms with E-state index in [1.165, 1.54) is 16.3 Å². The number of nitrogens with two attached hydrogens (primary N) is 1. The Morgan fingerprint density at radius 2 is 1.81 bits per heavy atom. The lowest BCUT2D eigenvalue weighted by Gasteiger charge is -2.15. The highest BCUT2D eigenvalue weighted by Gasteiger charge is 2.16. The van der Waals surface area contributed by atoms with Crippen molar-refractivity contribution >= 4 is 45.6 Å². The number of quaternary nitrogens is 1. The zero-order chi connectivity index (χ0) is 18.7. The van der Waals surface area contributed by atoms with Crippen LogP contribution in [-0.4, -0.2) is 12.5 Å². The summed E-state index contributed by atoms with van der Waals surface area (Å²) in [6.07, 6.45) is 0. The van der Waals surface area contributed by atoms with Crippen molar-refractivity contribution in [1.82, 2.24) is 0 Å². The molecule has 0 fully saturated rings. The molecule has 0 aliphatic carbocycles. The Bertz CT molecular complexity index is 951. The second-order valence-electron chi connectivity index (χ2n) is 6.40. The monoisotopic (exact) mass is 387 g/mol. The molecule has 0 bridgehead atoms. The van der Waals surface area contributed by atoms with Crippen molar-refractivity contribution in [2.75, 3.05) is 11.9 Å². The molecule has 0 aliphatic heterocycles. The van der Waals surface area contributed by atoms with E-state index in [9.17, 15) is 4.79 Å². The minimum atomic E-state index is -0.133. The van der Waals surface area contributed by atoms with Crippen molar-refractivity contribution in [3.05, 3.63) is 75.8 Å². The fraction of sp³-hybridized carbons (Fsp3) is 0.190. The number of anilines is 1. The summed E-state index contributed by atoms with van der Waals surface area (Å²) in [6, 6.07) is 18.2. The van der Waals surface area contributed by atoms with Gasteiger partial charge in [-0.3, -0.25) is 4.79 Å². The van der Waals surface area contributed by atoms with Crippen LogP contribution in [0.3, 0.4) is 0 Å². The summed E-state index contributed by atoms with van der Waals surface area (Å²) in [4.78, 5) is 12.4. The fourth-order valence-electron chi connectivity index (χ4n) is 3.02. The highest BCUT2D eigenvalue weighted by atomic mass is 35.5. The lowest BCUT2D eigenvalue weighted by Crippen LogP contribution is -2.86. The van der Waals surface area contributed by atoms with E-state index < -0.39 is 0 Å². The van der Waals surface area contributed by atoms with E-state index in [2.05, 4.69) is 36.5 Å². The third kappa shape index (κ3) is 4.01. The Morgan fingerprint density at radius 1 is 1.08 bits per heavy atom. The Kier molecular flexibility index (Phi) is 5.82. The Labute approximate surface area is 163 Å². The van der Waals surface area contributed by atoms with E-state index in [-0.39, 0.29) is 18.5 Å². The molecule has 0 saturated carbocycles. The molecule has 1 atom stereocenters. The van der Waals surface area contributed by atoms with Crippen LogP contribution in [-0.2, 0) is 4.79 Å². The van der Waals surface area contributed by atoms with Gasteiger partial charge in [0, 0.05) is 5.56 Å². The van der Waals surface area contributed by atoms with Gasteiger partial charge in [0.15, 0.2) is 6.54 Å². The highest BCUT2D eigenvalue weighted by Crippen LogP contribution is 2.32. The predicted molar refractivity (Wildman–Crippen MR) is 109 cm³/mol. The first kappa shape index (κ1) is 18.7. The molecule has 3 aromatic carbocycles. The summed E-state index contributed by atoms with van der Waals surface area (Å²) in [7, 11) is 0. The molecule has 134 valence electrons. The highest BCUT2D eigenvalue weighted by molar-refractivity contribution is 6.40. The van der Waals surface area contributed by atoms with Gasteiger partial charge < -0.3 is 10.6 Å². The first-order chi connectivity index (χ1) is 12.5. The third-order valence-electron chi connectivity index (χ3n) is 4.52. The number of fused-ring (bicyclic) bond motifs is 1. The van der Waals surface area contributed by atoms with Crippen molar-refractivity contribution in [2.45, 2.75) is 19.9 Å². The average molecular weight is 388 g/mol. The third-order valence-corrected chi connectivity index (χ3v) is 5.32. The maximum absolute atomic E-state index is 12.4. The second-order valence-corrected chi connectivity index (χ2v) is 7.18. The fourth-order valence-corrected chi connectivity index (χ4v) is 3.49. The minimum Gasteiger partial charge on any atom is -0.332 e. The molecule has 0 spiro atoms. The Balaban J connectivity index is 1.69. The number of aryl methyl sites for hydroxylation is 1. The molecule has 0 unspecified atom stereocenters. The van der Waals surface area contributed by atoms with Crippen LogP contribution in [0.25, 0.3) is 10.8 Å². The maximum atomic E-state index is 12.4. The van der Waals surface area contributed by atoms with Crippen molar-refractivity contribution in [3.63, 3.8) is 0 Å². The standard InChI is InChI=1S/C21H20Cl2N2O/c1-13-10-11-18(22)21(20(13)23)25-19(26)12-24-14(2)16-9-5-7-15-6-3-4-8-17(15)16/h3-11,14,24H,12H2,1-2H3,(H,25,26)/p+1/t14-/m1/s1. The van der Waals surface area contributed by atoms with E-state index in [1.54, 1.807) is 6.07 Å². The number of amides is 1. The number of benzene rings is 3. The summed E-state index contributed by atoms with van der Waals surface area (Å²) in [6.45, 7) is 4.26. The molecule has 26 heavy (non-hydrogen) atoms. The minimum absolute atomic E-state index is 0.133. The van der Waals surface area contributed by atoms with Crippen LogP contribution in [0.4, 0.5) is 5.69 Å². The van der Waals surface area contributed by atoms with Crippen LogP contribution in [0.2, 0.25) is 10.0 Å². The molecule has 0 heterocycles. The molecule has 3 rings (SSSR count). The largest absolute Gasteiger partial charge is 0.332 e. The molecule has 0 radical (unpaired) electrons. The molecule has 0 saturated heterocycles. The molecule has 3 aromatic rings. The van der Waals surface area contributed by atoms with Crippen molar-refractivity contribution < 1.29 is 10.1 Å². The zero-order valence-corrected chi connectivity index (χ0v) is 16.2. The lowest BCUT2D eigenvalue weighted by molar-refractivity contribution is -0.682. The van der Waals surface area contributed by atoms with Crippen LogP contribution in [0.1, 0.15) is 24.1 Å². The number of rotatable bonds is 5. The molecular formula is C21H21Cl2N2O+. The van der Waals surface area contributed by atoms with Gasteiger partial charge in [-0.05, 0) is 36.2 Å². The number of carbonyl (C=O) groups excluding carboxylic acids is 1. The lowest BCUT2D eigenvalue weighted by atomic mass is 10.00. The molecule has 5 heteroatoms. The summed E-state index contributed by atoms with van der Waals surface area (Å²) < 4.78 is 0. The van der Waals surface area contributed by atoms with Crippen LogP contribution in [0.15, 0.2) is 54.6 Å². The van der Waals surface area contributed by atoms with E-state index in [0.717, 1.165) is 5.56 Å². The van der Waals surface area contributed by atoms with Crippen LogP contribution in [0.5, 0.6) is 0 Å². The number of carbonyl (C=O) groups is 1. The number of nitrogens with one attached hydrogen (secondary N) is 1. The topological polar surface area (TPSA) is 45.7 Å². The number of halogens is 2. The van der Waals surface area contributed by atoms with Gasteiger partial charge in [0.05, 0.1) is 15.7 Å². The summed E-state index contributed by atoms with van der Waals surface area (Å²) in [5.41, 5.74) is 2.56. The number of hydrogen-bond donors (Lipinski definition) is 2. The van der Waals surface area contributed by atoms with Crippen molar-refractivity contribution in [2.24, 2.45) is 0 Å². The van der Waals surface area contributed by atoms with Gasteiger partial charge in [-0.25, -0.2) is 0 Å². The normalized spacial score (nSPS) is 12.2. The average Bonchev–Trinajstić information content (AvgIpc) is 2.66. The van der Waals surface area contributed by atoms with E-state index in [1.807, 2.05) is 36.5 Å². The summed E-state index contributed by atoms with van der Waals surface area (Å²) >= 11 is 12.4. The van der Waals surface area contributed by atoms with Crippen molar-refractivity contribution in [1.29, 1.82) is 0 Å². The summed E-state index contributed by atoms with van der Waals surface area (Å²) in [5.74, 6) is -0.133. The maximum Gasteiger partial charge on any atom is 0.279 e.